The Morgan fingerprint density at radius 3 is 2.33 bits per heavy atom. The minimum Gasteiger partial charge on any atom is -0.507 e. The standard InChI is InChI=1S/C30H27FNO6P/c31-22-8-4-7-20(16-22)27(33)15-14-26-29(32(30(26)35)23-9-2-1-3-10-23)21-12-13-25(28(34)18-21)19-6-5-11-24(17-19)39(36,37)38/h1-13,16-18,26-27,29,33-34H,14-15H2,(H2,36,37,38). The van der Waals surface area contributed by atoms with E-state index in [1.807, 2.05) is 30.3 Å². The van der Waals surface area contributed by atoms with Gasteiger partial charge in [0.15, 0.2) is 0 Å². The van der Waals surface area contributed by atoms with Gasteiger partial charge in [-0.3, -0.25) is 9.36 Å². The van der Waals surface area contributed by atoms with E-state index in [1.54, 1.807) is 35.2 Å². The molecular formula is C30H27FNO6P. The highest BCUT2D eigenvalue weighted by atomic mass is 31.2. The van der Waals surface area contributed by atoms with Crippen LogP contribution in [0, 0.1) is 11.7 Å². The van der Waals surface area contributed by atoms with Gasteiger partial charge in [0.05, 0.1) is 23.4 Å². The number of hydrogen-bond donors (Lipinski definition) is 4. The number of halogens is 1. The molecule has 0 radical (unpaired) electrons. The molecule has 7 nitrogen and oxygen atoms in total. The number of amides is 1. The first-order chi connectivity index (χ1) is 18.6. The SMILES string of the molecule is O=C1C(CCC(O)c2cccc(F)c2)C(c2ccc(-c3cccc(P(=O)(O)O)c3)c(O)c2)N1c1ccccc1. The molecule has 1 aliphatic rings. The average molecular weight is 548 g/mol. The van der Waals surface area contributed by atoms with E-state index < -0.39 is 31.5 Å². The maximum absolute atomic E-state index is 13.6. The first-order valence-corrected chi connectivity index (χ1v) is 14.1. The van der Waals surface area contributed by atoms with Gasteiger partial charge < -0.3 is 24.9 Å². The number of phenolic OH excluding ortho intramolecular Hbond substituents is 1. The van der Waals surface area contributed by atoms with Crippen LogP contribution in [0.1, 0.15) is 36.1 Å². The highest BCUT2D eigenvalue weighted by molar-refractivity contribution is 7.60. The molecule has 1 heterocycles. The smallest absolute Gasteiger partial charge is 0.356 e. The number of anilines is 1. The Bertz CT molecular complexity index is 1560. The molecule has 39 heavy (non-hydrogen) atoms. The number of aliphatic hydroxyl groups is 1. The van der Waals surface area contributed by atoms with Gasteiger partial charge in [-0.05, 0) is 72.0 Å². The Morgan fingerprint density at radius 2 is 1.64 bits per heavy atom. The molecule has 9 heteroatoms. The normalized spacial score (nSPS) is 18.1. The summed E-state index contributed by atoms with van der Waals surface area (Å²) in [6.07, 6.45) is -0.340. The van der Waals surface area contributed by atoms with Crippen molar-refractivity contribution < 1.29 is 33.7 Å². The van der Waals surface area contributed by atoms with Crippen molar-refractivity contribution >= 4 is 24.5 Å². The fourth-order valence-electron chi connectivity index (χ4n) is 5.14. The lowest BCUT2D eigenvalue weighted by atomic mass is 9.78. The van der Waals surface area contributed by atoms with Gasteiger partial charge >= 0.3 is 7.60 Å². The average Bonchev–Trinajstić information content (AvgIpc) is 2.91. The topological polar surface area (TPSA) is 118 Å². The molecule has 200 valence electrons. The van der Waals surface area contributed by atoms with Crippen LogP contribution in [0.2, 0.25) is 0 Å². The molecule has 4 N–H and O–H groups in total. The van der Waals surface area contributed by atoms with Gasteiger partial charge in [-0.15, -0.1) is 0 Å². The number of rotatable bonds is 8. The minimum absolute atomic E-state index is 0.0960. The Balaban J connectivity index is 1.44. The van der Waals surface area contributed by atoms with Crippen LogP contribution in [0.4, 0.5) is 10.1 Å². The number of hydrogen-bond acceptors (Lipinski definition) is 4. The minimum atomic E-state index is -4.47. The zero-order chi connectivity index (χ0) is 27.7. The summed E-state index contributed by atoms with van der Waals surface area (Å²) in [7, 11) is -4.47. The molecule has 0 aromatic heterocycles. The lowest BCUT2D eigenvalue weighted by Crippen LogP contribution is -2.55. The predicted octanol–water partition coefficient (Wildman–Crippen LogP) is 5.22. The van der Waals surface area contributed by atoms with E-state index in [0.29, 0.717) is 34.4 Å². The van der Waals surface area contributed by atoms with E-state index in [1.165, 1.54) is 36.4 Å². The number of β-lactam (4-membered cyclic amide) rings is 1. The van der Waals surface area contributed by atoms with E-state index in [-0.39, 0.29) is 23.4 Å². The van der Waals surface area contributed by atoms with Crippen LogP contribution in [0.3, 0.4) is 0 Å². The third kappa shape index (κ3) is 5.51. The van der Waals surface area contributed by atoms with Gasteiger partial charge in [-0.25, -0.2) is 4.39 Å². The maximum Gasteiger partial charge on any atom is 0.356 e. The lowest BCUT2D eigenvalue weighted by molar-refractivity contribution is -0.131. The van der Waals surface area contributed by atoms with E-state index in [9.17, 15) is 33.7 Å². The van der Waals surface area contributed by atoms with Crippen molar-refractivity contribution in [2.75, 3.05) is 4.90 Å². The molecule has 5 rings (SSSR count). The number of aromatic hydroxyl groups is 1. The Kier molecular flexibility index (Phi) is 7.38. The second-order valence-corrected chi connectivity index (χ2v) is 11.2. The van der Waals surface area contributed by atoms with Crippen LogP contribution >= 0.6 is 7.60 Å². The molecule has 1 fully saturated rings. The number of benzene rings is 4. The number of carbonyl (C=O) groups is 1. The molecule has 3 atom stereocenters. The first-order valence-electron chi connectivity index (χ1n) is 12.4. The molecule has 4 aromatic rings. The van der Waals surface area contributed by atoms with Crippen molar-refractivity contribution in [2.45, 2.75) is 25.0 Å². The van der Waals surface area contributed by atoms with Crippen LogP contribution in [0.15, 0.2) is 97.1 Å². The number of carbonyl (C=O) groups excluding carboxylic acids is 1. The molecule has 1 saturated heterocycles. The largest absolute Gasteiger partial charge is 0.507 e. The van der Waals surface area contributed by atoms with Gasteiger partial charge in [0.25, 0.3) is 0 Å². The molecule has 1 amide bonds. The van der Waals surface area contributed by atoms with Crippen molar-refractivity contribution in [3.63, 3.8) is 0 Å². The summed E-state index contributed by atoms with van der Waals surface area (Å²) in [6.45, 7) is 0. The predicted molar refractivity (Wildman–Crippen MR) is 146 cm³/mol. The molecule has 1 aliphatic heterocycles. The zero-order valence-corrected chi connectivity index (χ0v) is 21.7. The number of phenols is 1. The van der Waals surface area contributed by atoms with Crippen LogP contribution in [0.25, 0.3) is 11.1 Å². The Morgan fingerprint density at radius 1 is 0.897 bits per heavy atom. The fourth-order valence-corrected chi connectivity index (χ4v) is 5.72. The Labute approximate surface area is 225 Å². The summed E-state index contributed by atoms with van der Waals surface area (Å²) in [5, 5.41) is 21.4. The third-order valence-corrected chi connectivity index (χ3v) is 8.04. The van der Waals surface area contributed by atoms with Gasteiger partial charge in [0.1, 0.15) is 11.6 Å². The summed E-state index contributed by atoms with van der Waals surface area (Å²) < 4.78 is 25.3. The second kappa shape index (κ2) is 10.8. The van der Waals surface area contributed by atoms with E-state index in [2.05, 4.69) is 0 Å². The molecule has 4 aromatic carbocycles. The van der Waals surface area contributed by atoms with E-state index in [4.69, 9.17) is 0 Å². The highest BCUT2D eigenvalue weighted by Gasteiger charge is 2.48. The van der Waals surface area contributed by atoms with Crippen molar-refractivity contribution in [2.24, 2.45) is 5.92 Å². The van der Waals surface area contributed by atoms with Crippen molar-refractivity contribution in [3.8, 4) is 16.9 Å². The third-order valence-electron chi connectivity index (χ3n) is 7.09. The van der Waals surface area contributed by atoms with Gasteiger partial charge in [-0.2, -0.15) is 0 Å². The summed E-state index contributed by atoms with van der Waals surface area (Å²) in [5.74, 6) is -1.13. The van der Waals surface area contributed by atoms with Gasteiger partial charge in [0, 0.05) is 11.3 Å². The molecular weight excluding hydrogens is 520 g/mol. The number of para-hydroxylation sites is 1. The summed E-state index contributed by atoms with van der Waals surface area (Å²) in [4.78, 5) is 34.0. The van der Waals surface area contributed by atoms with Crippen molar-refractivity contribution in [1.82, 2.24) is 0 Å². The van der Waals surface area contributed by atoms with Gasteiger partial charge in [-0.1, -0.05) is 54.6 Å². The fraction of sp³-hybridized carbons (Fsp3) is 0.167. The van der Waals surface area contributed by atoms with Gasteiger partial charge in [0.2, 0.25) is 5.91 Å². The number of nitrogens with zero attached hydrogens (tertiary/aromatic N) is 1. The van der Waals surface area contributed by atoms with Crippen molar-refractivity contribution in [3.05, 3.63) is 114 Å². The molecule has 3 unspecified atom stereocenters. The monoisotopic (exact) mass is 547 g/mol. The molecule has 0 bridgehead atoms. The summed E-state index contributed by atoms with van der Waals surface area (Å²) in [5.41, 5.74) is 2.66. The first kappa shape index (κ1) is 26.8. The van der Waals surface area contributed by atoms with Crippen LogP contribution < -0.4 is 10.2 Å². The summed E-state index contributed by atoms with van der Waals surface area (Å²) in [6, 6.07) is 25.3. The molecule has 0 aliphatic carbocycles. The molecule has 0 spiro atoms. The van der Waals surface area contributed by atoms with Crippen molar-refractivity contribution in [1.29, 1.82) is 0 Å². The Hall–Kier alpha value is -3.81. The van der Waals surface area contributed by atoms with E-state index in [0.717, 1.165) is 0 Å². The number of aliphatic hydroxyl groups excluding tert-OH is 1. The lowest BCUT2D eigenvalue weighted by Gasteiger charge is -2.48. The quantitative estimate of drug-likeness (QED) is 0.178. The van der Waals surface area contributed by atoms with Crippen LogP contribution in [0.5, 0.6) is 5.75 Å². The maximum atomic E-state index is 13.6. The second-order valence-electron chi connectivity index (χ2n) is 9.61. The van der Waals surface area contributed by atoms with Crippen LogP contribution in [-0.4, -0.2) is 25.9 Å². The van der Waals surface area contributed by atoms with Crippen LogP contribution in [-0.2, 0) is 9.36 Å². The zero-order valence-electron chi connectivity index (χ0n) is 20.8. The highest BCUT2D eigenvalue weighted by Crippen LogP contribution is 2.47. The van der Waals surface area contributed by atoms with E-state index >= 15 is 0 Å². The molecule has 0 saturated carbocycles. The summed E-state index contributed by atoms with van der Waals surface area (Å²) >= 11 is 0.